The number of aromatic nitrogens is 2. The predicted octanol–water partition coefficient (Wildman–Crippen LogP) is 0.651. The molecule has 0 atom stereocenters. The number of aromatic amines is 1. The van der Waals surface area contributed by atoms with Gasteiger partial charge in [-0.05, 0) is 31.7 Å². The van der Waals surface area contributed by atoms with Crippen LogP contribution in [0.25, 0.3) is 0 Å². The van der Waals surface area contributed by atoms with E-state index in [1.54, 1.807) is 0 Å². The van der Waals surface area contributed by atoms with E-state index in [0.29, 0.717) is 6.54 Å². The first-order valence-corrected chi connectivity index (χ1v) is 9.42. The maximum absolute atomic E-state index is 12.5. The third kappa shape index (κ3) is 5.04. The van der Waals surface area contributed by atoms with E-state index < -0.39 is 11.2 Å². The number of hydrogen-bond donors (Lipinski definition) is 1. The van der Waals surface area contributed by atoms with Crippen molar-refractivity contribution in [1.82, 2.24) is 19.4 Å². The van der Waals surface area contributed by atoms with E-state index in [1.807, 2.05) is 4.90 Å². The Morgan fingerprint density at radius 1 is 1.04 bits per heavy atom. The summed E-state index contributed by atoms with van der Waals surface area (Å²) in [7, 11) is 0. The number of carbonyl (C=O) groups excluding carboxylic acids is 1. The number of H-pyrrole nitrogens is 1. The third-order valence-electron chi connectivity index (χ3n) is 5.38. The number of carbonyl (C=O) groups is 1. The minimum absolute atomic E-state index is 0.0156. The minimum atomic E-state index is -0.533. The summed E-state index contributed by atoms with van der Waals surface area (Å²) in [6.45, 7) is 4.53. The molecule has 2 heterocycles. The number of amides is 1. The van der Waals surface area contributed by atoms with Gasteiger partial charge in [-0.3, -0.25) is 19.1 Å². The van der Waals surface area contributed by atoms with Crippen LogP contribution in [0.3, 0.4) is 0 Å². The molecule has 7 nitrogen and oxygen atoms in total. The summed E-state index contributed by atoms with van der Waals surface area (Å²) >= 11 is 0. The molecule has 1 aliphatic heterocycles. The molecule has 1 aliphatic carbocycles. The zero-order chi connectivity index (χ0) is 17.6. The topological polar surface area (TPSA) is 78.4 Å². The molecule has 1 aromatic heterocycles. The minimum Gasteiger partial charge on any atom is -0.340 e. The highest BCUT2D eigenvalue weighted by Gasteiger charge is 2.22. The SMILES string of the molecule is O=C(Cn1ccc(=O)[nH]c1=O)N1CCCN(CC2CCCCC2)CC1. The summed E-state index contributed by atoms with van der Waals surface area (Å²) < 4.78 is 1.26. The molecule has 25 heavy (non-hydrogen) atoms. The Morgan fingerprint density at radius 2 is 1.84 bits per heavy atom. The fourth-order valence-electron chi connectivity index (χ4n) is 3.95. The number of hydrogen-bond acceptors (Lipinski definition) is 4. The third-order valence-corrected chi connectivity index (χ3v) is 5.38. The molecule has 0 spiro atoms. The second kappa shape index (κ2) is 8.47. The molecule has 1 N–H and O–H groups in total. The van der Waals surface area contributed by atoms with Crippen LogP contribution in [-0.2, 0) is 11.3 Å². The van der Waals surface area contributed by atoms with Crippen LogP contribution in [0.2, 0.25) is 0 Å². The Morgan fingerprint density at radius 3 is 2.60 bits per heavy atom. The quantitative estimate of drug-likeness (QED) is 0.867. The van der Waals surface area contributed by atoms with Crippen LogP contribution in [0, 0.1) is 5.92 Å². The molecule has 1 saturated heterocycles. The van der Waals surface area contributed by atoms with Crippen LogP contribution >= 0.6 is 0 Å². The largest absolute Gasteiger partial charge is 0.340 e. The summed E-state index contributed by atoms with van der Waals surface area (Å²) in [5.74, 6) is 0.754. The van der Waals surface area contributed by atoms with Gasteiger partial charge >= 0.3 is 5.69 Å². The molecule has 1 amide bonds. The van der Waals surface area contributed by atoms with Gasteiger partial charge in [0.1, 0.15) is 6.54 Å². The lowest BCUT2D eigenvalue weighted by Crippen LogP contribution is -2.40. The average Bonchev–Trinajstić information content (AvgIpc) is 2.84. The molecule has 1 saturated carbocycles. The Kier molecular flexibility index (Phi) is 6.07. The molecule has 7 heteroatoms. The first-order chi connectivity index (χ1) is 12.1. The maximum atomic E-state index is 12.5. The van der Waals surface area contributed by atoms with Crippen LogP contribution in [0.5, 0.6) is 0 Å². The van der Waals surface area contributed by atoms with Crippen molar-refractivity contribution in [2.75, 3.05) is 32.7 Å². The Bertz CT molecular complexity index is 690. The Labute approximate surface area is 147 Å². The fourth-order valence-corrected chi connectivity index (χ4v) is 3.95. The Hall–Kier alpha value is -1.89. The monoisotopic (exact) mass is 348 g/mol. The van der Waals surface area contributed by atoms with Gasteiger partial charge in [-0.1, -0.05) is 19.3 Å². The lowest BCUT2D eigenvalue weighted by molar-refractivity contribution is -0.131. The second-order valence-corrected chi connectivity index (χ2v) is 7.28. The highest BCUT2D eigenvalue weighted by molar-refractivity contribution is 5.76. The van der Waals surface area contributed by atoms with Gasteiger partial charge in [0.2, 0.25) is 5.91 Å². The van der Waals surface area contributed by atoms with E-state index in [0.717, 1.165) is 38.5 Å². The highest BCUT2D eigenvalue weighted by Crippen LogP contribution is 2.24. The van der Waals surface area contributed by atoms with Gasteiger partial charge in [-0.2, -0.15) is 0 Å². The van der Waals surface area contributed by atoms with Gasteiger partial charge in [0, 0.05) is 38.4 Å². The van der Waals surface area contributed by atoms with Crippen molar-refractivity contribution in [2.24, 2.45) is 5.92 Å². The zero-order valence-corrected chi connectivity index (χ0v) is 14.8. The van der Waals surface area contributed by atoms with E-state index in [4.69, 9.17) is 0 Å². The number of nitrogens with zero attached hydrogens (tertiary/aromatic N) is 3. The maximum Gasteiger partial charge on any atom is 0.328 e. The van der Waals surface area contributed by atoms with E-state index in [2.05, 4.69) is 9.88 Å². The molecule has 3 rings (SSSR count). The van der Waals surface area contributed by atoms with Gasteiger partial charge in [0.25, 0.3) is 5.56 Å². The lowest BCUT2D eigenvalue weighted by atomic mass is 9.89. The van der Waals surface area contributed by atoms with Crippen LogP contribution in [0.4, 0.5) is 0 Å². The van der Waals surface area contributed by atoms with E-state index in [9.17, 15) is 14.4 Å². The summed E-state index contributed by atoms with van der Waals surface area (Å²) in [5, 5.41) is 0. The normalized spacial score (nSPS) is 20.4. The van der Waals surface area contributed by atoms with Gasteiger partial charge in [0.15, 0.2) is 0 Å². The first kappa shape index (κ1) is 17.9. The Balaban J connectivity index is 1.52. The molecule has 0 radical (unpaired) electrons. The van der Waals surface area contributed by atoms with Gasteiger partial charge in [-0.15, -0.1) is 0 Å². The molecule has 0 unspecified atom stereocenters. The number of nitrogens with one attached hydrogen (secondary N) is 1. The molecule has 1 aromatic rings. The van der Waals surface area contributed by atoms with E-state index in [1.165, 1.54) is 48.9 Å². The first-order valence-electron chi connectivity index (χ1n) is 9.42. The molecule has 0 bridgehead atoms. The smallest absolute Gasteiger partial charge is 0.328 e. The van der Waals surface area contributed by atoms with Crippen molar-refractivity contribution >= 4 is 5.91 Å². The molecule has 2 aliphatic rings. The molecule has 0 aromatic carbocycles. The molecule has 138 valence electrons. The van der Waals surface area contributed by atoms with Gasteiger partial charge in [-0.25, -0.2) is 4.79 Å². The highest BCUT2D eigenvalue weighted by atomic mass is 16.2. The van der Waals surface area contributed by atoms with Crippen molar-refractivity contribution in [3.8, 4) is 0 Å². The van der Waals surface area contributed by atoms with Crippen molar-refractivity contribution < 1.29 is 4.79 Å². The van der Waals surface area contributed by atoms with Crippen LogP contribution in [0.1, 0.15) is 38.5 Å². The molecular formula is C18H28N4O3. The van der Waals surface area contributed by atoms with E-state index >= 15 is 0 Å². The second-order valence-electron chi connectivity index (χ2n) is 7.28. The van der Waals surface area contributed by atoms with Gasteiger partial charge < -0.3 is 9.80 Å². The van der Waals surface area contributed by atoms with Crippen LogP contribution in [-0.4, -0.2) is 58.0 Å². The van der Waals surface area contributed by atoms with Gasteiger partial charge in [0.05, 0.1) is 0 Å². The fraction of sp³-hybridized carbons (Fsp3) is 0.722. The van der Waals surface area contributed by atoms with Crippen molar-refractivity contribution in [1.29, 1.82) is 0 Å². The summed E-state index contributed by atoms with van der Waals surface area (Å²) in [5.41, 5.74) is -0.976. The summed E-state index contributed by atoms with van der Waals surface area (Å²) in [4.78, 5) is 41.9. The zero-order valence-electron chi connectivity index (χ0n) is 14.8. The average molecular weight is 348 g/mol. The standard InChI is InChI=1S/C18H28N4O3/c23-16-7-10-22(18(25)19-16)14-17(24)21-9-4-8-20(11-12-21)13-15-5-2-1-3-6-15/h7,10,15H,1-6,8-9,11-14H2,(H,19,23,25). The molecule has 2 fully saturated rings. The summed E-state index contributed by atoms with van der Waals surface area (Å²) in [6.07, 6.45) is 9.13. The predicted molar refractivity (Wildman–Crippen MR) is 95.5 cm³/mol. The van der Waals surface area contributed by atoms with E-state index in [-0.39, 0.29) is 12.5 Å². The van der Waals surface area contributed by atoms with Crippen molar-refractivity contribution in [3.05, 3.63) is 33.1 Å². The summed E-state index contributed by atoms with van der Waals surface area (Å²) in [6, 6.07) is 1.27. The van der Waals surface area contributed by atoms with Crippen molar-refractivity contribution in [2.45, 2.75) is 45.1 Å². The van der Waals surface area contributed by atoms with Crippen LogP contribution < -0.4 is 11.2 Å². The van der Waals surface area contributed by atoms with Crippen molar-refractivity contribution in [3.63, 3.8) is 0 Å². The number of rotatable bonds is 4. The lowest BCUT2D eigenvalue weighted by Gasteiger charge is -2.28. The van der Waals surface area contributed by atoms with Crippen LogP contribution in [0.15, 0.2) is 21.9 Å². The molecular weight excluding hydrogens is 320 g/mol.